The number of carbonyl (C=O) groups is 1. The van der Waals surface area contributed by atoms with Gasteiger partial charge in [0.25, 0.3) is 0 Å². The zero-order valence-corrected chi connectivity index (χ0v) is 13.4. The minimum atomic E-state index is 0.312. The van der Waals surface area contributed by atoms with Crippen LogP contribution < -0.4 is 5.32 Å². The molecule has 1 spiro atoms. The van der Waals surface area contributed by atoms with E-state index in [-0.39, 0.29) is 0 Å². The van der Waals surface area contributed by atoms with E-state index in [4.69, 9.17) is 0 Å². The molecule has 1 aromatic rings. The zero-order valence-electron chi connectivity index (χ0n) is 13.4. The summed E-state index contributed by atoms with van der Waals surface area (Å²) in [6.07, 6.45) is 4.62. The Balaban J connectivity index is 1.45. The number of benzene rings is 1. The molecule has 2 aliphatic heterocycles. The molecule has 3 aliphatic rings. The van der Waals surface area contributed by atoms with Crippen LogP contribution in [-0.4, -0.2) is 36.5 Å². The molecule has 2 heterocycles. The number of likely N-dealkylation sites (tertiary alicyclic amines) is 1. The monoisotopic (exact) mass is 298 g/mol. The second-order valence-corrected chi connectivity index (χ2v) is 7.45. The number of hydrogen-bond acceptors (Lipinski definition) is 2. The van der Waals surface area contributed by atoms with Gasteiger partial charge in [0.15, 0.2) is 0 Å². The molecule has 0 bridgehead atoms. The highest BCUT2D eigenvalue weighted by molar-refractivity contribution is 5.83. The first-order valence-corrected chi connectivity index (χ1v) is 8.77. The third-order valence-electron chi connectivity index (χ3n) is 6.35. The van der Waals surface area contributed by atoms with Gasteiger partial charge < -0.3 is 10.2 Å². The van der Waals surface area contributed by atoms with Crippen LogP contribution in [0.25, 0.3) is 0 Å². The fourth-order valence-electron chi connectivity index (χ4n) is 4.77. The van der Waals surface area contributed by atoms with Gasteiger partial charge in [-0.3, -0.25) is 4.79 Å². The summed E-state index contributed by atoms with van der Waals surface area (Å²) in [5.74, 6) is 1.26. The number of nitrogens with one attached hydrogen (secondary N) is 1. The van der Waals surface area contributed by atoms with E-state index in [1.807, 2.05) is 0 Å². The van der Waals surface area contributed by atoms with Crippen LogP contribution in [0, 0.1) is 11.3 Å². The van der Waals surface area contributed by atoms with E-state index in [2.05, 4.69) is 47.5 Å². The van der Waals surface area contributed by atoms with Crippen molar-refractivity contribution in [3.05, 3.63) is 35.9 Å². The predicted octanol–water partition coefficient (Wildman–Crippen LogP) is 2.78. The van der Waals surface area contributed by atoms with Crippen LogP contribution in [-0.2, 0) is 4.79 Å². The first kappa shape index (κ1) is 14.3. The van der Waals surface area contributed by atoms with Gasteiger partial charge in [-0.25, -0.2) is 0 Å². The average molecular weight is 298 g/mol. The zero-order chi connectivity index (χ0) is 15.2. The first-order chi connectivity index (χ1) is 10.7. The summed E-state index contributed by atoms with van der Waals surface area (Å²) < 4.78 is 0. The van der Waals surface area contributed by atoms with Crippen molar-refractivity contribution in [2.24, 2.45) is 11.3 Å². The third-order valence-corrected chi connectivity index (χ3v) is 6.35. The van der Waals surface area contributed by atoms with Gasteiger partial charge in [-0.05, 0) is 56.7 Å². The van der Waals surface area contributed by atoms with Crippen LogP contribution in [0.3, 0.4) is 0 Å². The largest absolute Gasteiger partial charge is 0.339 e. The van der Waals surface area contributed by atoms with Gasteiger partial charge in [0.1, 0.15) is 0 Å². The summed E-state index contributed by atoms with van der Waals surface area (Å²) in [6, 6.07) is 11.0. The molecular formula is C19H26N2O. The van der Waals surface area contributed by atoms with E-state index in [1.165, 1.54) is 18.4 Å². The molecule has 3 nitrogen and oxygen atoms in total. The lowest BCUT2D eigenvalue weighted by molar-refractivity contribution is -0.134. The molecular weight excluding hydrogens is 272 g/mol. The Morgan fingerprint density at radius 1 is 1.23 bits per heavy atom. The molecule has 118 valence electrons. The van der Waals surface area contributed by atoms with Gasteiger partial charge in [0, 0.05) is 24.4 Å². The summed E-state index contributed by atoms with van der Waals surface area (Å²) in [6.45, 7) is 5.35. The number of amides is 1. The maximum absolute atomic E-state index is 13.0. The van der Waals surface area contributed by atoms with Gasteiger partial charge in [-0.15, -0.1) is 0 Å². The summed E-state index contributed by atoms with van der Waals surface area (Å²) in [5.41, 5.74) is 1.74. The summed E-state index contributed by atoms with van der Waals surface area (Å²) in [4.78, 5) is 15.2. The fourth-order valence-corrected chi connectivity index (χ4v) is 4.77. The van der Waals surface area contributed by atoms with E-state index in [0.29, 0.717) is 29.2 Å². The molecule has 0 radical (unpaired) electrons. The van der Waals surface area contributed by atoms with Crippen molar-refractivity contribution >= 4 is 5.91 Å². The molecule has 1 amide bonds. The number of hydrogen-bond donors (Lipinski definition) is 1. The number of piperidine rings is 1. The Morgan fingerprint density at radius 2 is 1.95 bits per heavy atom. The van der Waals surface area contributed by atoms with E-state index >= 15 is 0 Å². The topological polar surface area (TPSA) is 32.3 Å². The van der Waals surface area contributed by atoms with Crippen molar-refractivity contribution in [1.29, 1.82) is 0 Å². The molecule has 4 rings (SSSR count). The minimum Gasteiger partial charge on any atom is -0.339 e. The molecule has 3 heteroatoms. The Bertz CT molecular complexity index is 550. The summed E-state index contributed by atoms with van der Waals surface area (Å²) in [5, 5.41) is 3.42. The van der Waals surface area contributed by atoms with E-state index in [9.17, 15) is 4.79 Å². The highest BCUT2D eigenvalue weighted by atomic mass is 16.2. The Labute approximate surface area is 133 Å². The van der Waals surface area contributed by atoms with Crippen molar-refractivity contribution in [3.63, 3.8) is 0 Å². The molecule has 3 atom stereocenters. The lowest BCUT2D eigenvalue weighted by atomic mass is 9.91. The Morgan fingerprint density at radius 3 is 2.68 bits per heavy atom. The predicted molar refractivity (Wildman–Crippen MR) is 87.6 cm³/mol. The van der Waals surface area contributed by atoms with Crippen LogP contribution >= 0.6 is 0 Å². The third kappa shape index (κ3) is 2.26. The highest BCUT2D eigenvalue weighted by Crippen LogP contribution is 2.59. The van der Waals surface area contributed by atoms with E-state index < -0.39 is 0 Å². The lowest BCUT2D eigenvalue weighted by Gasteiger charge is -2.28. The van der Waals surface area contributed by atoms with E-state index in [0.717, 1.165) is 32.5 Å². The number of nitrogens with zero attached hydrogens (tertiary/aromatic N) is 1. The molecule has 3 fully saturated rings. The molecule has 0 aromatic heterocycles. The van der Waals surface area contributed by atoms with Crippen LogP contribution in [0.5, 0.6) is 0 Å². The van der Waals surface area contributed by atoms with Gasteiger partial charge in [0.05, 0.1) is 0 Å². The van der Waals surface area contributed by atoms with Gasteiger partial charge in [-0.1, -0.05) is 30.3 Å². The van der Waals surface area contributed by atoms with Crippen molar-refractivity contribution < 1.29 is 4.79 Å². The highest BCUT2D eigenvalue weighted by Gasteiger charge is 2.59. The molecule has 22 heavy (non-hydrogen) atoms. The standard InChI is InChI=1S/C19H26N2O/c1-14-16(15-5-3-2-4-6-15)7-12-21(14)18(22)17-13-19(17)8-10-20-11-9-19/h2-6,14,16-17,20H,7-13H2,1H3. The maximum atomic E-state index is 13.0. The van der Waals surface area contributed by atoms with Gasteiger partial charge >= 0.3 is 0 Å². The number of carbonyl (C=O) groups excluding carboxylic acids is 1. The van der Waals surface area contributed by atoms with Crippen molar-refractivity contribution in [2.45, 2.75) is 44.6 Å². The smallest absolute Gasteiger partial charge is 0.226 e. The molecule has 1 aromatic carbocycles. The van der Waals surface area contributed by atoms with E-state index in [1.54, 1.807) is 0 Å². The van der Waals surface area contributed by atoms with Crippen molar-refractivity contribution in [2.75, 3.05) is 19.6 Å². The van der Waals surface area contributed by atoms with Crippen LogP contribution in [0.1, 0.15) is 44.1 Å². The second kappa shape index (κ2) is 5.38. The Kier molecular flexibility index (Phi) is 3.48. The first-order valence-electron chi connectivity index (χ1n) is 8.77. The van der Waals surface area contributed by atoms with Crippen molar-refractivity contribution in [1.82, 2.24) is 10.2 Å². The van der Waals surface area contributed by atoms with Crippen LogP contribution in [0.2, 0.25) is 0 Å². The summed E-state index contributed by atoms with van der Waals surface area (Å²) in [7, 11) is 0. The minimum absolute atomic E-state index is 0.312. The maximum Gasteiger partial charge on any atom is 0.226 e. The molecule has 1 N–H and O–H groups in total. The molecule has 1 saturated carbocycles. The van der Waals surface area contributed by atoms with Crippen LogP contribution in [0.15, 0.2) is 30.3 Å². The fraction of sp³-hybridized carbons (Fsp3) is 0.632. The quantitative estimate of drug-likeness (QED) is 0.910. The van der Waals surface area contributed by atoms with Gasteiger partial charge in [0.2, 0.25) is 5.91 Å². The van der Waals surface area contributed by atoms with Crippen molar-refractivity contribution in [3.8, 4) is 0 Å². The second-order valence-electron chi connectivity index (χ2n) is 7.45. The van der Waals surface area contributed by atoms with Crippen LogP contribution in [0.4, 0.5) is 0 Å². The molecule has 1 aliphatic carbocycles. The lowest BCUT2D eigenvalue weighted by Crippen LogP contribution is -2.39. The normalized spacial score (nSPS) is 33.1. The number of rotatable bonds is 2. The average Bonchev–Trinajstić information content (AvgIpc) is 3.10. The summed E-state index contributed by atoms with van der Waals surface area (Å²) >= 11 is 0. The SMILES string of the molecule is CC1C(c2ccccc2)CCN1C(=O)C1CC12CCNCC2. The Hall–Kier alpha value is -1.35. The van der Waals surface area contributed by atoms with Gasteiger partial charge in [-0.2, -0.15) is 0 Å². The molecule has 3 unspecified atom stereocenters. The molecule has 2 saturated heterocycles.